The highest BCUT2D eigenvalue weighted by molar-refractivity contribution is 8.16. The number of halogens is 1. The van der Waals surface area contributed by atoms with E-state index >= 15 is 0 Å². The Kier molecular flexibility index (Phi) is 6.97. The fourth-order valence-electron chi connectivity index (χ4n) is 4.26. The van der Waals surface area contributed by atoms with Gasteiger partial charge in [0, 0.05) is 22.8 Å². The number of nitrogens with one attached hydrogen (secondary N) is 1. The van der Waals surface area contributed by atoms with E-state index in [1.807, 2.05) is 64.9 Å². The molecule has 2 aromatic carbocycles. The van der Waals surface area contributed by atoms with Gasteiger partial charge >= 0.3 is 5.97 Å². The Morgan fingerprint density at radius 2 is 1.89 bits per heavy atom. The number of esters is 1. The second-order valence-corrected chi connectivity index (χ2v) is 9.99. The van der Waals surface area contributed by atoms with Gasteiger partial charge in [-0.05, 0) is 48.8 Å². The zero-order valence-corrected chi connectivity index (χ0v) is 20.9. The van der Waals surface area contributed by atoms with Crippen LogP contribution in [0.2, 0.25) is 5.02 Å². The molecule has 0 aromatic heterocycles. The maximum atomic E-state index is 13.4. The first-order valence-electron chi connectivity index (χ1n) is 11.8. The fourth-order valence-corrected chi connectivity index (χ4v) is 5.30. The molecule has 0 bridgehead atoms. The number of hydrogen-bond donors (Lipinski definition) is 1. The minimum Gasteiger partial charge on any atom is -0.463 e. The Morgan fingerprint density at radius 3 is 2.57 bits per heavy atom. The maximum absolute atomic E-state index is 13.4. The van der Waals surface area contributed by atoms with E-state index in [1.54, 1.807) is 6.92 Å². The van der Waals surface area contributed by atoms with Crippen molar-refractivity contribution in [3.05, 3.63) is 87.4 Å². The van der Waals surface area contributed by atoms with E-state index in [4.69, 9.17) is 21.3 Å². The predicted molar refractivity (Wildman–Crippen MR) is 139 cm³/mol. The third kappa shape index (κ3) is 5.16. The summed E-state index contributed by atoms with van der Waals surface area (Å²) in [6.07, 6.45) is 2.56. The summed E-state index contributed by atoms with van der Waals surface area (Å²) in [4.78, 5) is 33.1. The molecule has 1 fully saturated rings. The van der Waals surface area contributed by atoms with Crippen molar-refractivity contribution < 1.29 is 14.3 Å². The molecule has 180 valence electrons. The molecule has 2 aromatic rings. The molecule has 2 aliphatic heterocycles. The van der Waals surface area contributed by atoms with Gasteiger partial charge in [0.1, 0.15) is 0 Å². The molecule has 1 atom stereocenters. The van der Waals surface area contributed by atoms with Crippen LogP contribution in [0.1, 0.15) is 43.4 Å². The molecule has 35 heavy (non-hydrogen) atoms. The van der Waals surface area contributed by atoms with Gasteiger partial charge in [0.05, 0.1) is 30.3 Å². The highest BCUT2D eigenvalue weighted by atomic mass is 35.5. The molecular weight excluding hydrogens is 482 g/mol. The van der Waals surface area contributed by atoms with Crippen molar-refractivity contribution in [2.24, 2.45) is 10.9 Å². The molecule has 0 spiro atoms. The van der Waals surface area contributed by atoms with Crippen molar-refractivity contribution in [3.63, 3.8) is 0 Å². The van der Waals surface area contributed by atoms with Crippen LogP contribution in [0.5, 0.6) is 0 Å². The van der Waals surface area contributed by atoms with Crippen molar-refractivity contribution in [1.82, 2.24) is 10.2 Å². The Morgan fingerprint density at radius 1 is 1.14 bits per heavy atom. The third-order valence-corrected chi connectivity index (χ3v) is 7.31. The molecule has 0 saturated heterocycles. The molecule has 1 saturated carbocycles. The van der Waals surface area contributed by atoms with Gasteiger partial charge in [-0.15, -0.1) is 0 Å². The van der Waals surface area contributed by atoms with Gasteiger partial charge in [-0.1, -0.05) is 65.8 Å². The lowest BCUT2D eigenvalue weighted by Gasteiger charge is -2.36. The average molecular weight is 508 g/mol. The molecule has 6 nitrogen and oxygen atoms in total. The fraction of sp³-hybridized carbons (Fsp3) is 0.296. The van der Waals surface area contributed by atoms with Gasteiger partial charge in [-0.25, -0.2) is 9.79 Å². The Labute approximate surface area is 214 Å². The SMILES string of the molecule is CCOC(=O)C1=C(c2ccccc2)N=C2SC=C(CC(=O)NCC3CC3)N2[C@H]1c1ccc(Cl)cc1. The van der Waals surface area contributed by atoms with E-state index in [2.05, 4.69) is 5.32 Å². The van der Waals surface area contributed by atoms with E-state index in [0.29, 0.717) is 28.8 Å². The standard InChI is InChI=1S/C27H26ClN3O3S/c1-2-34-26(33)23-24(18-6-4-3-5-7-18)30-27-31(25(23)19-10-12-20(28)13-11-19)21(16-35-27)14-22(32)29-15-17-8-9-17/h3-7,10-13,16-17,25H,2,8-9,14-15H2,1H3,(H,29,32)/t25-/m0/s1. The molecule has 1 aliphatic carbocycles. The third-order valence-electron chi connectivity index (χ3n) is 6.16. The molecule has 1 amide bonds. The summed E-state index contributed by atoms with van der Waals surface area (Å²) in [6, 6.07) is 16.6. The normalized spacial score (nSPS) is 19.1. The Balaban J connectivity index is 1.58. The van der Waals surface area contributed by atoms with Gasteiger partial charge in [0.25, 0.3) is 0 Å². The van der Waals surface area contributed by atoms with Crippen LogP contribution in [-0.4, -0.2) is 35.1 Å². The van der Waals surface area contributed by atoms with E-state index in [0.717, 1.165) is 22.0 Å². The van der Waals surface area contributed by atoms with Crippen molar-refractivity contribution in [3.8, 4) is 0 Å². The lowest BCUT2D eigenvalue weighted by atomic mass is 9.91. The van der Waals surface area contributed by atoms with Gasteiger partial charge < -0.3 is 15.0 Å². The van der Waals surface area contributed by atoms with Crippen molar-refractivity contribution >= 4 is 46.1 Å². The van der Waals surface area contributed by atoms with Gasteiger partial charge in [0.2, 0.25) is 5.91 Å². The monoisotopic (exact) mass is 507 g/mol. The van der Waals surface area contributed by atoms with Crippen molar-refractivity contribution in [1.29, 1.82) is 0 Å². The number of amides is 1. The first kappa shape index (κ1) is 23.7. The number of hydrogen-bond acceptors (Lipinski definition) is 6. The van der Waals surface area contributed by atoms with E-state index in [-0.39, 0.29) is 18.9 Å². The van der Waals surface area contributed by atoms with Crippen LogP contribution in [0.4, 0.5) is 0 Å². The second-order valence-electron chi connectivity index (χ2n) is 8.72. The lowest BCUT2D eigenvalue weighted by Crippen LogP contribution is -2.38. The summed E-state index contributed by atoms with van der Waals surface area (Å²) in [5.41, 5.74) is 3.52. The predicted octanol–water partition coefficient (Wildman–Crippen LogP) is 5.53. The molecule has 8 heteroatoms. The number of benzene rings is 2. The van der Waals surface area contributed by atoms with Crippen molar-refractivity contribution in [2.75, 3.05) is 13.2 Å². The van der Waals surface area contributed by atoms with Crippen LogP contribution in [0, 0.1) is 5.92 Å². The molecule has 3 aliphatic rings. The first-order chi connectivity index (χ1) is 17.0. The zero-order valence-electron chi connectivity index (χ0n) is 19.4. The minimum absolute atomic E-state index is 0.0321. The van der Waals surface area contributed by atoms with Gasteiger partial charge in [0.15, 0.2) is 5.17 Å². The van der Waals surface area contributed by atoms with E-state index in [9.17, 15) is 9.59 Å². The van der Waals surface area contributed by atoms with Crippen molar-refractivity contribution in [2.45, 2.75) is 32.2 Å². The lowest BCUT2D eigenvalue weighted by molar-refractivity contribution is -0.139. The number of thioether (sulfide) groups is 1. The smallest absolute Gasteiger partial charge is 0.338 e. The molecule has 0 unspecified atom stereocenters. The summed E-state index contributed by atoms with van der Waals surface area (Å²) in [7, 11) is 0. The second kappa shape index (κ2) is 10.3. The van der Waals surface area contributed by atoms with Crippen LogP contribution in [-0.2, 0) is 14.3 Å². The molecular formula is C27H26ClN3O3S. The zero-order chi connectivity index (χ0) is 24.4. The van der Waals surface area contributed by atoms with E-state index in [1.165, 1.54) is 24.6 Å². The summed E-state index contributed by atoms with van der Waals surface area (Å²) in [6.45, 7) is 2.75. The van der Waals surface area contributed by atoms with E-state index < -0.39 is 12.0 Å². The molecule has 5 rings (SSSR count). The number of ether oxygens (including phenoxy) is 1. The molecule has 2 heterocycles. The first-order valence-corrected chi connectivity index (χ1v) is 13.0. The summed E-state index contributed by atoms with van der Waals surface area (Å²) in [5.74, 6) is 0.144. The highest BCUT2D eigenvalue weighted by Crippen LogP contribution is 2.47. The van der Waals surface area contributed by atoms with Crippen LogP contribution in [0.3, 0.4) is 0 Å². The number of aliphatic imine (C=N–C) groups is 1. The summed E-state index contributed by atoms with van der Waals surface area (Å²) in [5, 5.41) is 6.32. The number of carbonyl (C=O) groups is 2. The number of amidine groups is 1. The Hall–Kier alpha value is -3.03. The quantitative estimate of drug-likeness (QED) is 0.475. The number of carbonyl (C=O) groups excluding carboxylic acids is 2. The average Bonchev–Trinajstić information content (AvgIpc) is 3.62. The molecule has 1 N–H and O–H groups in total. The van der Waals surface area contributed by atoms with Crippen LogP contribution in [0.25, 0.3) is 5.70 Å². The topological polar surface area (TPSA) is 71.0 Å². The number of rotatable bonds is 8. The van der Waals surface area contributed by atoms with Crippen LogP contribution in [0.15, 0.2) is 76.3 Å². The Bertz CT molecular complexity index is 1220. The highest BCUT2D eigenvalue weighted by Gasteiger charge is 2.42. The van der Waals surface area contributed by atoms with Crippen LogP contribution >= 0.6 is 23.4 Å². The number of nitrogens with zero attached hydrogens (tertiary/aromatic N) is 2. The van der Waals surface area contributed by atoms with Gasteiger partial charge in [-0.2, -0.15) is 0 Å². The minimum atomic E-state index is -0.508. The van der Waals surface area contributed by atoms with Gasteiger partial charge in [-0.3, -0.25) is 4.79 Å². The summed E-state index contributed by atoms with van der Waals surface area (Å²) >= 11 is 7.65. The number of fused-ring (bicyclic) bond motifs is 1. The molecule has 0 radical (unpaired) electrons. The van der Waals surface area contributed by atoms with Crippen LogP contribution < -0.4 is 5.32 Å². The summed E-state index contributed by atoms with van der Waals surface area (Å²) < 4.78 is 5.52. The maximum Gasteiger partial charge on any atom is 0.338 e. The largest absolute Gasteiger partial charge is 0.463 e.